The number of carbonyl (C=O) groups excluding carboxylic acids is 1. The number of carbonyl (C=O) groups is 1. The Labute approximate surface area is 105 Å². The number of benzene rings is 1. The molecule has 18 heavy (non-hydrogen) atoms. The molecule has 1 saturated heterocycles. The van der Waals surface area contributed by atoms with Crippen molar-refractivity contribution in [2.24, 2.45) is 5.92 Å². The van der Waals surface area contributed by atoms with Crippen LogP contribution in [0.25, 0.3) is 0 Å². The van der Waals surface area contributed by atoms with Crippen molar-refractivity contribution in [2.75, 3.05) is 13.1 Å². The fourth-order valence-electron chi connectivity index (χ4n) is 2.14. The van der Waals surface area contributed by atoms with Gasteiger partial charge in [0.1, 0.15) is 0 Å². The lowest BCUT2D eigenvalue weighted by molar-refractivity contribution is 0.0695. The van der Waals surface area contributed by atoms with Crippen LogP contribution in [0.5, 0.6) is 11.5 Å². The third-order valence-corrected chi connectivity index (χ3v) is 3.14. The molecular formula is C13H14N2O3. The number of nitrogens with zero attached hydrogens (tertiary/aromatic N) is 2. The summed E-state index contributed by atoms with van der Waals surface area (Å²) in [5, 5.41) is 27.9. The highest BCUT2D eigenvalue weighted by molar-refractivity contribution is 5.97. The van der Waals surface area contributed by atoms with Crippen LogP contribution in [0, 0.1) is 17.2 Å². The van der Waals surface area contributed by atoms with E-state index in [1.807, 2.05) is 0 Å². The molecule has 1 fully saturated rings. The first-order valence-electron chi connectivity index (χ1n) is 5.83. The quantitative estimate of drug-likeness (QED) is 0.735. The monoisotopic (exact) mass is 246 g/mol. The molecule has 94 valence electrons. The summed E-state index contributed by atoms with van der Waals surface area (Å²) in [6, 6.07) is 6.45. The van der Waals surface area contributed by atoms with Gasteiger partial charge in [-0.1, -0.05) is 6.07 Å². The summed E-state index contributed by atoms with van der Waals surface area (Å²) in [6.45, 7) is 0.955. The number of hydrogen-bond donors (Lipinski definition) is 2. The van der Waals surface area contributed by atoms with Crippen LogP contribution in [0.1, 0.15) is 23.2 Å². The second kappa shape index (κ2) is 4.96. The highest BCUT2D eigenvalue weighted by atomic mass is 16.3. The number of likely N-dealkylation sites (tertiary alicyclic amines) is 1. The van der Waals surface area contributed by atoms with E-state index >= 15 is 0 Å². The van der Waals surface area contributed by atoms with Crippen molar-refractivity contribution in [2.45, 2.75) is 12.8 Å². The molecule has 2 N–H and O–H groups in total. The standard InChI is InChI=1S/C13H14N2O3/c14-7-9-3-2-6-15(8-9)13(18)10-4-1-5-11(16)12(10)17/h1,4-5,9,16-17H,2-3,6,8H2. The molecule has 0 radical (unpaired) electrons. The van der Waals surface area contributed by atoms with Crippen LogP contribution in [-0.2, 0) is 0 Å². The first kappa shape index (κ1) is 12.2. The predicted molar refractivity (Wildman–Crippen MR) is 64.0 cm³/mol. The maximum Gasteiger partial charge on any atom is 0.257 e. The van der Waals surface area contributed by atoms with Crippen LogP contribution >= 0.6 is 0 Å². The molecular weight excluding hydrogens is 232 g/mol. The van der Waals surface area contributed by atoms with Crippen molar-refractivity contribution < 1.29 is 15.0 Å². The van der Waals surface area contributed by atoms with Gasteiger partial charge in [0.2, 0.25) is 0 Å². The van der Waals surface area contributed by atoms with E-state index in [1.54, 1.807) is 4.90 Å². The highest BCUT2D eigenvalue weighted by Crippen LogP contribution is 2.30. The smallest absolute Gasteiger partial charge is 0.257 e. The summed E-state index contributed by atoms with van der Waals surface area (Å²) in [5.41, 5.74) is 0.0774. The number of amides is 1. The first-order valence-corrected chi connectivity index (χ1v) is 5.83. The molecule has 0 spiro atoms. The van der Waals surface area contributed by atoms with Gasteiger partial charge in [-0.15, -0.1) is 0 Å². The zero-order chi connectivity index (χ0) is 13.1. The van der Waals surface area contributed by atoms with Crippen molar-refractivity contribution in [3.05, 3.63) is 23.8 Å². The summed E-state index contributed by atoms with van der Waals surface area (Å²) in [5.74, 6) is -1.21. The van der Waals surface area contributed by atoms with Gasteiger partial charge >= 0.3 is 0 Å². The number of aromatic hydroxyl groups is 2. The molecule has 1 aliphatic rings. The van der Waals surface area contributed by atoms with Crippen LogP contribution in [-0.4, -0.2) is 34.1 Å². The average Bonchev–Trinajstić information content (AvgIpc) is 2.41. The van der Waals surface area contributed by atoms with Gasteiger partial charge in [-0.2, -0.15) is 5.26 Å². The number of para-hydroxylation sites is 1. The normalized spacial score (nSPS) is 19.3. The van der Waals surface area contributed by atoms with Gasteiger partial charge in [0, 0.05) is 13.1 Å². The first-order chi connectivity index (χ1) is 8.63. The Kier molecular flexibility index (Phi) is 3.38. The third-order valence-electron chi connectivity index (χ3n) is 3.14. The molecule has 1 aromatic rings. The fraction of sp³-hybridized carbons (Fsp3) is 0.385. The molecule has 1 atom stereocenters. The Bertz CT molecular complexity index is 507. The summed E-state index contributed by atoms with van der Waals surface area (Å²) >= 11 is 0. The van der Waals surface area contributed by atoms with E-state index in [-0.39, 0.29) is 23.1 Å². The minimum atomic E-state index is -0.401. The fourth-order valence-corrected chi connectivity index (χ4v) is 2.14. The molecule has 0 saturated carbocycles. The van der Waals surface area contributed by atoms with E-state index in [9.17, 15) is 15.0 Å². The Balaban J connectivity index is 2.21. The zero-order valence-corrected chi connectivity index (χ0v) is 9.83. The van der Waals surface area contributed by atoms with Gasteiger partial charge in [-0.25, -0.2) is 0 Å². The lowest BCUT2D eigenvalue weighted by atomic mass is 9.99. The molecule has 1 unspecified atom stereocenters. The maximum absolute atomic E-state index is 12.2. The van der Waals surface area contributed by atoms with Crippen LogP contribution in [0.4, 0.5) is 0 Å². The highest BCUT2D eigenvalue weighted by Gasteiger charge is 2.26. The van der Waals surface area contributed by atoms with Crippen LogP contribution < -0.4 is 0 Å². The summed E-state index contributed by atoms with van der Waals surface area (Å²) in [4.78, 5) is 13.7. The molecule has 1 heterocycles. The Morgan fingerprint density at radius 3 is 2.94 bits per heavy atom. The molecule has 0 aliphatic carbocycles. The van der Waals surface area contributed by atoms with Crippen molar-refractivity contribution in [3.63, 3.8) is 0 Å². The average molecular weight is 246 g/mol. The molecule has 0 bridgehead atoms. The number of rotatable bonds is 1. The number of piperidine rings is 1. The van der Waals surface area contributed by atoms with Gasteiger partial charge in [0.05, 0.1) is 17.6 Å². The minimum absolute atomic E-state index is 0.0774. The topological polar surface area (TPSA) is 84.6 Å². The number of phenols is 2. The van der Waals surface area contributed by atoms with E-state index in [4.69, 9.17) is 5.26 Å². The number of phenolic OH excluding ortho intramolecular Hbond substituents is 2. The van der Waals surface area contributed by atoms with Crippen LogP contribution in [0.3, 0.4) is 0 Å². The lowest BCUT2D eigenvalue weighted by Gasteiger charge is -2.29. The van der Waals surface area contributed by atoms with Crippen molar-refractivity contribution >= 4 is 5.91 Å². The van der Waals surface area contributed by atoms with E-state index in [0.717, 1.165) is 12.8 Å². The van der Waals surface area contributed by atoms with Crippen LogP contribution in [0.2, 0.25) is 0 Å². The summed E-state index contributed by atoms with van der Waals surface area (Å²) in [6.07, 6.45) is 1.58. The number of hydrogen-bond acceptors (Lipinski definition) is 4. The second-order valence-electron chi connectivity index (χ2n) is 4.39. The molecule has 5 nitrogen and oxygen atoms in total. The Hall–Kier alpha value is -2.22. The summed E-state index contributed by atoms with van der Waals surface area (Å²) < 4.78 is 0. The number of nitriles is 1. The molecule has 1 aromatic carbocycles. The predicted octanol–water partition coefficient (Wildman–Crippen LogP) is 1.47. The molecule has 1 aliphatic heterocycles. The minimum Gasteiger partial charge on any atom is -0.504 e. The van der Waals surface area contributed by atoms with Gasteiger partial charge in [0.15, 0.2) is 11.5 Å². The lowest BCUT2D eigenvalue weighted by Crippen LogP contribution is -2.39. The third kappa shape index (κ3) is 2.23. The van der Waals surface area contributed by atoms with E-state index < -0.39 is 5.75 Å². The largest absolute Gasteiger partial charge is 0.504 e. The van der Waals surface area contributed by atoms with E-state index in [2.05, 4.69) is 6.07 Å². The summed E-state index contributed by atoms with van der Waals surface area (Å²) in [7, 11) is 0. The molecule has 2 rings (SSSR count). The van der Waals surface area contributed by atoms with E-state index in [1.165, 1.54) is 18.2 Å². The van der Waals surface area contributed by atoms with Gasteiger partial charge in [-0.05, 0) is 25.0 Å². The molecule has 0 aromatic heterocycles. The van der Waals surface area contributed by atoms with Crippen LogP contribution in [0.15, 0.2) is 18.2 Å². The Morgan fingerprint density at radius 2 is 2.22 bits per heavy atom. The van der Waals surface area contributed by atoms with Crippen molar-refractivity contribution in [1.29, 1.82) is 5.26 Å². The molecule has 1 amide bonds. The van der Waals surface area contributed by atoms with E-state index in [0.29, 0.717) is 13.1 Å². The van der Waals surface area contributed by atoms with Gasteiger partial charge in [-0.3, -0.25) is 4.79 Å². The van der Waals surface area contributed by atoms with Gasteiger partial charge in [0.25, 0.3) is 5.91 Å². The molecule has 5 heteroatoms. The van der Waals surface area contributed by atoms with Crippen molar-refractivity contribution in [3.8, 4) is 17.6 Å². The van der Waals surface area contributed by atoms with Gasteiger partial charge < -0.3 is 15.1 Å². The second-order valence-corrected chi connectivity index (χ2v) is 4.39. The Morgan fingerprint density at radius 1 is 1.44 bits per heavy atom. The SMILES string of the molecule is N#CC1CCCN(C(=O)c2cccc(O)c2O)C1. The zero-order valence-electron chi connectivity index (χ0n) is 9.83. The van der Waals surface area contributed by atoms with Crippen molar-refractivity contribution in [1.82, 2.24) is 4.90 Å². The maximum atomic E-state index is 12.2.